The molecule has 2 aromatic rings. The number of carbonyl (C=O) groups is 2. The van der Waals surface area contributed by atoms with Crippen molar-refractivity contribution >= 4 is 23.4 Å². The second-order valence-electron chi connectivity index (χ2n) is 9.57. The van der Waals surface area contributed by atoms with Crippen molar-refractivity contribution in [2.24, 2.45) is 0 Å². The van der Waals surface area contributed by atoms with Gasteiger partial charge in [-0.05, 0) is 49.1 Å². The summed E-state index contributed by atoms with van der Waals surface area (Å²) in [5, 5.41) is 3.78. The van der Waals surface area contributed by atoms with E-state index in [0.29, 0.717) is 55.7 Å². The first kappa shape index (κ1) is 24.1. The lowest BCUT2D eigenvalue weighted by Gasteiger charge is -2.41. The first-order valence-electron chi connectivity index (χ1n) is 12.5. The molecule has 7 nitrogen and oxygen atoms in total. The highest BCUT2D eigenvalue weighted by Crippen LogP contribution is 2.26. The standard InChI is InChI=1S/C27H32ClN3O4/c28-20-6-3-5-19(15-20)17-30-12-13-31-24(18-30)26(32)29-16-22-8-4-7-21(35-22)11-14-34-25-10-2-1-9-23(25)27(31)33/h1-3,5-6,9-10,15,21-22,24H,4,7-8,11-14,16-18H2,(H,29,32)/t21-,22-,24-/m0/s1. The highest BCUT2D eigenvalue weighted by molar-refractivity contribution is 6.30. The number of halogens is 1. The Bertz CT molecular complexity index is 1060. The van der Waals surface area contributed by atoms with Crippen LogP contribution in [0.1, 0.15) is 41.6 Å². The molecule has 2 saturated heterocycles. The zero-order valence-corrected chi connectivity index (χ0v) is 20.6. The molecule has 0 aliphatic carbocycles. The van der Waals surface area contributed by atoms with Crippen LogP contribution in [0.2, 0.25) is 5.02 Å². The molecule has 0 unspecified atom stereocenters. The van der Waals surface area contributed by atoms with Crippen molar-refractivity contribution in [3.8, 4) is 5.75 Å². The van der Waals surface area contributed by atoms with Gasteiger partial charge in [-0.15, -0.1) is 0 Å². The number of amides is 2. The van der Waals surface area contributed by atoms with Crippen LogP contribution in [0.5, 0.6) is 5.75 Å². The first-order chi connectivity index (χ1) is 17.1. The number of hydrogen-bond acceptors (Lipinski definition) is 5. The Morgan fingerprint density at radius 2 is 1.86 bits per heavy atom. The van der Waals surface area contributed by atoms with Gasteiger partial charge < -0.3 is 19.7 Å². The third kappa shape index (κ3) is 5.80. The van der Waals surface area contributed by atoms with E-state index in [-0.39, 0.29) is 24.0 Å². The van der Waals surface area contributed by atoms with Crippen molar-refractivity contribution in [3.63, 3.8) is 0 Å². The Balaban J connectivity index is 1.40. The average molecular weight is 498 g/mol. The Morgan fingerprint density at radius 1 is 1.00 bits per heavy atom. The molecule has 0 aromatic heterocycles. The van der Waals surface area contributed by atoms with E-state index in [4.69, 9.17) is 21.1 Å². The van der Waals surface area contributed by atoms with E-state index in [1.54, 1.807) is 11.0 Å². The Morgan fingerprint density at radius 3 is 2.74 bits per heavy atom. The van der Waals surface area contributed by atoms with Crippen LogP contribution < -0.4 is 10.1 Å². The molecule has 3 aliphatic rings. The number of carbonyl (C=O) groups excluding carboxylic acids is 2. The molecule has 0 saturated carbocycles. The molecule has 35 heavy (non-hydrogen) atoms. The molecule has 8 heteroatoms. The number of nitrogens with one attached hydrogen (secondary N) is 1. The minimum Gasteiger partial charge on any atom is -0.493 e. The second-order valence-corrected chi connectivity index (χ2v) is 10.0. The number of rotatable bonds is 2. The SMILES string of the molecule is O=C1NC[C@@H]2CCC[C@@H](CCOc3ccccc3C(=O)N3CCN(Cc4cccc(Cl)c4)C[C@@H]13)O2. The average Bonchev–Trinajstić information content (AvgIpc) is 2.87. The quantitative estimate of drug-likeness (QED) is 0.687. The summed E-state index contributed by atoms with van der Waals surface area (Å²) in [5.41, 5.74) is 1.58. The van der Waals surface area contributed by atoms with Gasteiger partial charge in [-0.25, -0.2) is 0 Å². The molecule has 3 atom stereocenters. The highest BCUT2D eigenvalue weighted by atomic mass is 35.5. The molecule has 3 aliphatic heterocycles. The molecule has 0 spiro atoms. The molecule has 1 N–H and O–H groups in total. The molecule has 2 bridgehead atoms. The Hall–Kier alpha value is -2.61. The van der Waals surface area contributed by atoms with Gasteiger partial charge in [0.15, 0.2) is 0 Å². The lowest BCUT2D eigenvalue weighted by Crippen LogP contribution is -2.61. The van der Waals surface area contributed by atoms with E-state index >= 15 is 0 Å². The van der Waals surface area contributed by atoms with E-state index in [1.165, 1.54) is 0 Å². The van der Waals surface area contributed by atoms with Gasteiger partial charge in [0.2, 0.25) is 5.91 Å². The summed E-state index contributed by atoms with van der Waals surface area (Å²) in [6.45, 7) is 3.18. The van der Waals surface area contributed by atoms with Crippen molar-refractivity contribution in [2.75, 3.05) is 32.8 Å². The first-order valence-corrected chi connectivity index (χ1v) is 12.9. The summed E-state index contributed by atoms with van der Waals surface area (Å²) in [6, 6.07) is 14.5. The summed E-state index contributed by atoms with van der Waals surface area (Å²) in [4.78, 5) is 31.1. The minimum atomic E-state index is -0.606. The molecule has 2 fully saturated rings. The highest BCUT2D eigenvalue weighted by Gasteiger charge is 2.37. The van der Waals surface area contributed by atoms with Gasteiger partial charge in [0.05, 0.1) is 24.4 Å². The number of piperazine rings is 1. The van der Waals surface area contributed by atoms with Gasteiger partial charge in [0, 0.05) is 44.2 Å². The molecular weight excluding hydrogens is 466 g/mol. The fraction of sp³-hybridized carbons (Fsp3) is 0.481. The Kier molecular flexibility index (Phi) is 7.56. The number of benzene rings is 2. The fourth-order valence-electron chi connectivity index (χ4n) is 5.24. The molecule has 2 aromatic carbocycles. The summed E-state index contributed by atoms with van der Waals surface area (Å²) in [7, 11) is 0. The fourth-order valence-corrected chi connectivity index (χ4v) is 5.46. The number of hydrogen-bond donors (Lipinski definition) is 1. The van der Waals surface area contributed by atoms with Gasteiger partial charge in [0.1, 0.15) is 11.8 Å². The van der Waals surface area contributed by atoms with Crippen LogP contribution in [0, 0.1) is 0 Å². The molecule has 3 heterocycles. The molecule has 186 valence electrons. The van der Waals surface area contributed by atoms with Crippen LogP contribution in [0.25, 0.3) is 0 Å². The number of nitrogens with zero attached hydrogens (tertiary/aromatic N) is 2. The van der Waals surface area contributed by atoms with Crippen LogP contribution in [0.3, 0.4) is 0 Å². The van der Waals surface area contributed by atoms with Crippen molar-refractivity contribution < 1.29 is 19.1 Å². The van der Waals surface area contributed by atoms with E-state index < -0.39 is 6.04 Å². The summed E-state index contributed by atoms with van der Waals surface area (Å²) in [6.07, 6.45) is 3.85. The van der Waals surface area contributed by atoms with Crippen LogP contribution in [-0.4, -0.2) is 72.6 Å². The molecule has 2 amide bonds. The smallest absolute Gasteiger partial charge is 0.258 e. The topological polar surface area (TPSA) is 71.1 Å². The van der Waals surface area contributed by atoms with Gasteiger partial charge in [-0.2, -0.15) is 0 Å². The normalized spacial score (nSPS) is 26.1. The van der Waals surface area contributed by atoms with E-state index in [1.807, 2.05) is 42.5 Å². The van der Waals surface area contributed by atoms with Crippen LogP contribution in [0.4, 0.5) is 0 Å². The minimum absolute atomic E-state index is 0.0109. The van der Waals surface area contributed by atoms with Gasteiger partial charge in [-0.1, -0.05) is 35.9 Å². The van der Waals surface area contributed by atoms with Crippen LogP contribution >= 0.6 is 11.6 Å². The zero-order valence-electron chi connectivity index (χ0n) is 19.8. The third-order valence-electron chi connectivity index (χ3n) is 7.08. The second kappa shape index (κ2) is 11.0. The van der Waals surface area contributed by atoms with Crippen molar-refractivity contribution in [2.45, 2.75) is 50.5 Å². The van der Waals surface area contributed by atoms with Gasteiger partial charge >= 0.3 is 0 Å². The van der Waals surface area contributed by atoms with Crippen molar-refractivity contribution in [1.29, 1.82) is 0 Å². The maximum atomic E-state index is 13.7. The third-order valence-corrected chi connectivity index (χ3v) is 7.31. The maximum absolute atomic E-state index is 13.7. The van der Waals surface area contributed by atoms with E-state index in [9.17, 15) is 9.59 Å². The predicted molar refractivity (Wildman–Crippen MR) is 134 cm³/mol. The molecular formula is C27H32ClN3O4. The lowest BCUT2D eigenvalue weighted by molar-refractivity contribution is -0.129. The summed E-state index contributed by atoms with van der Waals surface area (Å²) in [5.74, 6) is 0.245. The molecule has 0 radical (unpaired) electrons. The summed E-state index contributed by atoms with van der Waals surface area (Å²) < 4.78 is 12.3. The maximum Gasteiger partial charge on any atom is 0.258 e. The van der Waals surface area contributed by atoms with E-state index in [0.717, 1.165) is 31.2 Å². The van der Waals surface area contributed by atoms with Crippen LogP contribution in [-0.2, 0) is 16.1 Å². The number of para-hydroxylation sites is 1. The van der Waals surface area contributed by atoms with Gasteiger partial charge in [-0.3, -0.25) is 14.5 Å². The summed E-state index contributed by atoms with van der Waals surface area (Å²) >= 11 is 6.17. The predicted octanol–water partition coefficient (Wildman–Crippen LogP) is 3.50. The monoisotopic (exact) mass is 497 g/mol. The van der Waals surface area contributed by atoms with Gasteiger partial charge in [0.25, 0.3) is 5.91 Å². The lowest BCUT2D eigenvalue weighted by atomic mass is 10.0. The molecule has 5 rings (SSSR count). The van der Waals surface area contributed by atoms with Crippen molar-refractivity contribution in [1.82, 2.24) is 15.1 Å². The largest absolute Gasteiger partial charge is 0.493 e. The number of ether oxygens (including phenoxy) is 2. The Labute approximate surface area is 211 Å². The van der Waals surface area contributed by atoms with E-state index in [2.05, 4.69) is 10.2 Å². The number of fused-ring (bicyclic) bond motifs is 4. The van der Waals surface area contributed by atoms with Crippen molar-refractivity contribution in [3.05, 3.63) is 64.7 Å². The zero-order chi connectivity index (χ0) is 24.2. The van der Waals surface area contributed by atoms with Crippen LogP contribution in [0.15, 0.2) is 48.5 Å².